The van der Waals surface area contributed by atoms with E-state index >= 15 is 0 Å². The molecule has 0 aliphatic heterocycles. The van der Waals surface area contributed by atoms with Crippen LogP contribution in [0, 0.1) is 0 Å². The van der Waals surface area contributed by atoms with Crippen LogP contribution in [-0.4, -0.2) is 16.1 Å². The number of halogens is 3. The fraction of sp³-hybridized carbons (Fsp3) is 0.625. The zero-order chi connectivity index (χ0) is 16.2. The summed E-state index contributed by atoms with van der Waals surface area (Å²) in [5.41, 5.74) is 0.580. The van der Waals surface area contributed by atoms with Gasteiger partial charge in [0.1, 0.15) is 0 Å². The number of hydrogen-bond donors (Lipinski definition) is 1. The fourth-order valence-corrected chi connectivity index (χ4v) is 3.05. The number of aryl methyl sites for hydroxylation is 1. The number of carboxylic acid groups (broad SMARTS) is 1. The molecule has 3 nitrogen and oxygen atoms in total. The topological polar surface area (TPSA) is 50.2 Å². The maximum absolute atomic E-state index is 12.9. The molecule has 1 aliphatic rings. The molecule has 2 rings (SSSR count). The first-order valence-corrected chi connectivity index (χ1v) is 7.65. The summed E-state index contributed by atoms with van der Waals surface area (Å²) in [4.78, 5) is 14.6. The lowest BCUT2D eigenvalue weighted by Crippen LogP contribution is -2.13. The van der Waals surface area contributed by atoms with Gasteiger partial charge in [0.15, 0.2) is 0 Å². The molecule has 0 saturated heterocycles. The fourth-order valence-electron chi connectivity index (χ4n) is 3.05. The monoisotopic (exact) mass is 315 g/mol. The summed E-state index contributed by atoms with van der Waals surface area (Å²) in [5, 5.41) is 8.69. The summed E-state index contributed by atoms with van der Waals surface area (Å²) in [6.45, 7) is 0. The number of alkyl halides is 3. The second kappa shape index (κ2) is 7.11. The molecular formula is C16H20F3NO2. The molecule has 1 aliphatic carbocycles. The molecule has 22 heavy (non-hydrogen) atoms. The average molecular weight is 315 g/mol. The highest BCUT2D eigenvalue weighted by Gasteiger charge is 2.32. The Hall–Kier alpha value is -1.59. The number of hydrogen-bond acceptors (Lipinski definition) is 2. The first-order valence-electron chi connectivity index (χ1n) is 7.65. The zero-order valence-corrected chi connectivity index (χ0v) is 12.3. The summed E-state index contributed by atoms with van der Waals surface area (Å²) in [6.07, 6.45) is 2.22. The summed E-state index contributed by atoms with van der Waals surface area (Å²) in [7, 11) is 0. The van der Waals surface area contributed by atoms with Crippen LogP contribution in [0.25, 0.3) is 0 Å². The molecule has 0 amide bonds. The summed E-state index contributed by atoms with van der Waals surface area (Å²) in [5.74, 6) is -0.783. The highest BCUT2D eigenvalue weighted by molar-refractivity contribution is 5.66. The predicted octanol–water partition coefficient (Wildman–Crippen LogP) is 4.56. The van der Waals surface area contributed by atoms with Crippen LogP contribution in [0.15, 0.2) is 12.3 Å². The maximum Gasteiger partial charge on any atom is 0.417 e. The van der Waals surface area contributed by atoms with Crippen molar-refractivity contribution in [3.63, 3.8) is 0 Å². The predicted molar refractivity (Wildman–Crippen MR) is 75.6 cm³/mol. The van der Waals surface area contributed by atoms with Crippen molar-refractivity contribution in [3.05, 3.63) is 29.1 Å². The van der Waals surface area contributed by atoms with E-state index in [1.165, 1.54) is 6.07 Å². The van der Waals surface area contributed by atoms with Gasteiger partial charge >= 0.3 is 12.1 Å². The molecule has 0 unspecified atom stereocenters. The Morgan fingerprint density at radius 2 is 1.95 bits per heavy atom. The average Bonchev–Trinajstić information content (AvgIpc) is 2.47. The number of aromatic nitrogens is 1. The summed E-state index contributed by atoms with van der Waals surface area (Å²) in [6, 6.07) is 1.22. The molecule has 1 fully saturated rings. The lowest BCUT2D eigenvalue weighted by atomic mass is 9.82. The van der Waals surface area contributed by atoms with Crippen LogP contribution in [-0.2, 0) is 17.4 Å². The van der Waals surface area contributed by atoms with Gasteiger partial charge in [-0.1, -0.05) is 19.3 Å². The van der Waals surface area contributed by atoms with Crippen LogP contribution in [0.1, 0.15) is 67.7 Å². The minimum absolute atomic E-state index is 0.00675. The quantitative estimate of drug-likeness (QED) is 0.867. The molecule has 0 spiro atoms. The molecular weight excluding hydrogens is 295 g/mol. The molecule has 1 heterocycles. The van der Waals surface area contributed by atoms with Crippen LogP contribution >= 0.6 is 0 Å². The molecule has 1 aromatic rings. The van der Waals surface area contributed by atoms with Gasteiger partial charge in [-0.25, -0.2) is 0 Å². The second-order valence-corrected chi connectivity index (χ2v) is 5.84. The number of carbonyl (C=O) groups is 1. The Balaban J connectivity index is 2.24. The molecule has 0 atom stereocenters. The Kier molecular flexibility index (Phi) is 5.42. The van der Waals surface area contributed by atoms with Crippen molar-refractivity contribution in [2.75, 3.05) is 0 Å². The Morgan fingerprint density at radius 1 is 1.27 bits per heavy atom. The van der Waals surface area contributed by atoms with Gasteiger partial charge in [-0.2, -0.15) is 13.2 Å². The number of rotatable bonds is 5. The van der Waals surface area contributed by atoms with Crippen LogP contribution < -0.4 is 0 Å². The third-order valence-corrected chi connectivity index (χ3v) is 4.18. The van der Waals surface area contributed by atoms with E-state index in [4.69, 9.17) is 5.11 Å². The highest BCUT2D eigenvalue weighted by Crippen LogP contribution is 2.37. The van der Waals surface area contributed by atoms with Crippen molar-refractivity contribution in [1.82, 2.24) is 4.98 Å². The van der Waals surface area contributed by atoms with Gasteiger partial charge in [-0.3, -0.25) is 9.78 Å². The second-order valence-electron chi connectivity index (χ2n) is 5.84. The smallest absolute Gasteiger partial charge is 0.417 e. The van der Waals surface area contributed by atoms with Crippen molar-refractivity contribution < 1.29 is 23.1 Å². The van der Waals surface area contributed by atoms with Crippen molar-refractivity contribution in [2.45, 2.75) is 63.5 Å². The molecule has 0 aromatic carbocycles. The SMILES string of the molecule is O=C(O)CCCc1ncc(C(F)(F)F)cc1C1CCCCC1. The standard InChI is InChI=1S/C16H20F3NO2/c17-16(18,19)12-9-13(11-5-2-1-3-6-11)14(20-10-12)7-4-8-15(21)22/h9-11H,1-8H2,(H,21,22). The number of pyridine rings is 1. The van der Waals surface area contributed by atoms with Crippen LogP contribution in [0.4, 0.5) is 13.2 Å². The van der Waals surface area contributed by atoms with Gasteiger partial charge in [0.2, 0.25) is 0 Å². The first-order chi connectivity index (χ1) is 10.4. The van der Waals surface area contributed by atoms with Crippen molar-refractivity contribution >= 4 is 5.97 Å². The molecule has 1 aromatic heterocycles. The minimum atomic E-state index is -4.39. The van der Waals surface area contributed by atoms with Crippen LogP contribution in [0.2, 0.25) is 0 Å². The Morgan fingerprint density at radius 3 is 2.55 bits per heavy atom. The third kappa shape index (κ3) is 4.45. The van der Waals surface area contributed by atoms with E-state index in [1.54, 1.807) is 0 Å². The van der Waals surface area contributed by atoms with Crippen LogP contribution in [0.5, 0.6) is 0 Å². The molecule has 6 heteroatoms. The van der Waals surface area contributed by atoms with E-state index in [0.717, 1.165) is 38.3 Å². The van der Waals surface area contributed by atoms with Gasteiger partial charge < -0.3 is 5.11 Å². The highest BCUT2D eigenvalue weighted by atomic mass is 19.4. The van der Waals surface area contributed by atoms with E-state index in [2.05, 4.69) is 4.98 Å². The number of aliphatic carboxylic acids is 1. The lowest BCUT2D eigenvalue weighted by Gasteiger charge is -2.24. The Bertz CT molecular complexity index is 523. The van der Waals surface area contributed by atoms with Gasteiger partial charge in [0.05, 0.1) is 5.56 Å². The maximum atomic E-state index is 12.9. The van der Waals surface area contributed by atoms with E-state index < -0.39 is 17.7 Å². The van der Waals surface area contributed by atoms with Gasteiger partial charge in [0, 0.05) is 18.3 Å². The van der Waals surface area contributed by atoms with Gasteiger partial charge in [0.25, 0.3) is 0 Å². The molecule has 1 N–H and O–H groups in total. The molecule has 0 radical (unpaired) electrons. The first kappa shape index (κ1) is 16.8. The number of nitrogens with zero attached hydrogens (tertiary/aromatic N) is 1. The van der Waals surface area contributed by atoms with E-state index in [-0.39, 0.29) is 12.3 Å². The lowest BCUT2D eigenvalue weighted by molar-refractivity contribution is -0.138. The third-order valence-electron chi connectivity index (χ3n) is 4.18. The van der Waals surface area contributed by atoms with Crippen molar-refractivity contribution in [2.24, 2.45) is 0 Å². The number of carboxylic acids is 1. The van der Waals surface area contributed by atoms with Gasteiger partial charge in [-0.15, -0.1) is 0 Å². The van der Waals surface area contributed by atoms with Gasteiger partial charge in [-0.05, 0) is 43.2 Å². The Labute approximate surface area is 127 Å². The largest absolute Gasteiger partial charge is 0.481 e. The summed E-state index contributed by atoms with van der Waals surface area (Å²) < 4.78 is 38.7. The zero-order valence-electron chi connectivity index (χ0n) is 12.3. The molecule has 1 saturated carbocycles. The minimum Gasteiger partial charge on any atom is -0.481 e. The van der Waals surface area contributed by atoms with Crippen molar-refractivity contribution in [3.8, 4) is 0 Å². The van der Waals surface area contributed by atoms with E-state index in [0.29, 0.717) is 24.1 Å². The van der Waals surface area contributed by atoms with E-state index in [9.17, 15) is 18.0 Å². The summed E-state index contributed by atoms with van der Waals surface area (Å²) >= 11 is 0. The van der Waals surface area contributed by atoms with E-state index in [1.807, 2.05) is 0 Å². The normalized spacial score (nSPS) is 16.7. The van der Waals surface area contributed by atoms with Crippen molar-refractivity contribution in [1.29, 1.82) is 0 Å². The molecule has 0 bridgehead atoms. The van der Waals surface area contributed by atoms with Crippen LogP contribution in [0.3, 0.4) is 0 Å². The molecule has 122 valence electrons.